The third-order valence-electron chi connectivity index (χ3n) is 3.39. The number of carboxylic acids is 1. The maximum atomic E-state index is 13.0. The minimum absolute atomic E-state index is 0.227. The van der Waals surface area contributed by atoms with Crippen molar-refractivity contribution in [3.05, 3.63) is 35.6 Å². The number of nitrogens with one attached hydrogen (secondary N) is 1. The van der Waals surface area contributed by atoms with Crippen molar-refractivity contribution in [3.63, 3.8) is 0 Å². The Morgan fingerprint density at radius 3 is 2.95 bits per heavy atom. The number of carboxylic acid groups (broad SMARTS) is 1. The van der Waals surface area contributed by atoms with Gasteiger partial charge in [-0.2, -0.15) is 0 Å². The van der Waals surface area contributed by atoms with E-state index in [1.54, 1.807) is 12.1 Å². The first-order valence-corrected chi connectivity index (χ1v) is 6.56. The van der Waals surface area contributed by atoms with E-state index in [1.807, 2.05) is 0 Å². The Kier molecular flexibility index (Phi) is 4.55. The molecule has 1 aromatic rings. The topological polar surface area (TPSA) is 69.6 Å². The zero-order chi connectivity index (χ0) is 14.5. The highest BCUT2D eigenvalue weighted by molar-refractivity contribution is 5.76. The third-order valence-corrected chi connectivity index (χ3v) is 3.39. The molecule has 1 heterocycles. The molecule has 2 amide bonds. The molecule has 1 unspecified atom stereocenters. The number of carbonyl (C=O) groups excluding carboxylic acids is 1. The number of benzene rings is 1. The second-order valence-electron chi connectivity index (χ2n) is 4.91. The van der Waals surface area contributed by atoms with Gasteiger partial charge in [-0.05, 0) is 30.5 Å². The summed E-state index contributed by atoms with van der Waals surface area (Å²) in [5.41, 5.74) is 0.671. The van der Waals surface area contributed by atoms with Crippen LogP contribution in [0.1, 0.15) is 18.4 Å². The summed E-state index contributed by atoms with van der Waals surface area (Å²) < 4.78 is 13.0. The van der Waals surface area contributed by atoms with E-state index >= 15 is 0 Å². The average Bonchev–Trinajstić information content (AvgIpc) is 2.45. The molecule has 20 heavy (non-hydrogen) atoms. The van der Waals surface area contributed by atoms with E-state index in [0.29, 0.717) is 24.9 Å². The van der Waals surface area contributed by atoms with Gasteiger partial charge in [0.15, 0.2) is 0 Å². The number of hydrogen-bond acceptors (Lipinski definition) is 2. The Bertz CT molecular complexity index is 507. The molecule has 2 N–H and O–H groups in total. The van der Waals surface area contributed by atoms with Gasteiger partial charge in [-0.1, -0.05) is 12.1 Å². The van der Waals surface area contributed by atoms with Crippen LogP contribution in [-0.2, 0) is 11.3 Å². The molecule has 1 saturated heterocycles. The fraction of sp³-hybridized carbons (Fsp3) is 0.429. The number of nitrogens with zero attached hydrogens (tertiary/aromatic N) is 1. The number of rotatable bonds is 3. The Labute approximate surface area is 116 Å². The molecule has 0 spiro atoms. The summed E-state index contributed by atoms with van der Waals surface area (Å²) in [7, 11) is 0. The Morgan fingerprint density at radius 1 is 1.45 bits per heavy atom. The van der Waals surface area contributed by atoms with Gasteiger partial charge in [0.25, 0.3) is 0 Å². The van der Waals surface area contributed by atoms with Gasteiger partial charge >= 0.3 is 12.0 Å². The molecule has 0 bridgehead atoms. The summed E-state index contributed by atoms with van der Waals surface area (Å²) in [6, 6.07) is 5.70. The van der Waals surface area contributed by atoms with Crippen LogP contribution in [0, 0.1) is 11.7 Å². The van der Waals surface area contributed by atoms with Crippen LogP contribution in [0.4, 0.5) is 9.18 Å². The number of hydrogen-bond donors (Lipinski definition) is 2. The van der Waals surface area contributed by atoms with Crippen molar-refractivity contribution < 1.29 is 19.1 Å². The van der Waals surface area contributed by atoms with Gasteiger partial charge in [-0.15, -0.1) is 0 Å². The SMILES string of the molecule is O=C(O)C1CCCN(C(=O)NCc2cccc(F)c2)C1. The molecule has 1 atom stereocenters. The van der Waals surface area contributed by atoms with E-state index in [4.69, 9.17) is 5.11 Å². The molecule has 2 rings (SSSR count). The second-order valence-corrected chi connectivity index (χ2v) is 4.91. The first kappa shape index (κ1) is 14.3. The molecule has 6 heteroatoms. The van der Waals surface area contributed by atoms with Crippen LogP contribution >= 0.6 is 0 Å². The van der Waals surface area contributed by atoms with E-state index < -0.39 is 11.9 Å². The van der Waals surface area contributed by atoms with Crippen LogP contribution in [0.2, 0.25) is 0 Å². The predicted octanol–water partition coefficient (Wildman–Crippen LogP) is 1.83. The number of aliphatic carboxylic acids is 1. The first-order valence-electron chi connectivity index (χ1n) is 6.56. The number of likely N-dealkylation sites (tertiary alicyclic amines) is 1. The molecule has 0 radical (unpaired) electrons. The molecule has 5 nitrogen and oxygen atoms in total. The van der Waals surface area contributed by atoms with E-state index in [2.05, 4.69) is 5.32 Å². The first-order chi connectivity index (χ1) is 9.56. The van der Waals surface area contributed by atoms with E-state index in [-0.39, 0.29) is 24.9 Å². The Hall–Kier alpha value is -2.11. The monoisotopic (exact) mass is 280 g/mol. The average molecular weight is 280 g/mol. The van der Waals surface area contributed by atoms with Gasteiger partial charge in [0.1, 0.15) is 5.82 Å². The molecule has 1 fully saturated rings. The highest BCUT2D eigenvalue weighted by Gasteiger charge is 2.27. The van der Waals surface area contributed by atoms with Gasteiger partial charge in [0.2, 0.25) is 0 Å². The summed E-state index contributed by atoms with van der Waals surface area (Å²) in [6.07, 6.45) is 1.29. The standard InChI is InChI=1S/C14H17FN2O3/c15-12-5-1-3-10(7-12)8-16-14(20)17-6-2-4-11(9-17)13(18)19/h1,3,5,7,11H,2,4,6,8-9H2,(H,16,20)(H,18,19). The Morgan fingerprint density at radius 2 is 2.25 bits per heavy atom. The van der Waals surface area contributed by atoms with Crippen molar-refractivity contribution in [2.45, 2.75) is 19.4 Å². The molecule has 1 aliphatic heterocycles. The largest absolute Gasteiger partial charge is 0.481 e. The number of halogens is 1. The van der Waals surface area contributed by atoms with E-state index in [9.17, 15) is 14.0 Å². The molecular weight excluding hydrogens is 263 g/mol. The van der Waals surface area contributed by atoms with Crippen molar-refractivity contribution in [1.82, 2.24) is 10.2 Å². The van der Waals surface area contributed by atoms with Crippen LogP contribution in [0.3, 0.4) is 0 Å². The van der Waals surface area contributed by atoms with Gasteiger partial charge < -0.3 is 15.3 Å². The minimum Gasteiger partial charge on any atom is -0.481 e. The minimum atomic E-state index is -0.868. The number of piperidine rings is 1. The summed E-state index contributed by atoms with van der Waals surface area (Å²) in [5, 5.41) is 11.7. The molecular formula is C14H17FN2O3. The maximum Gasteiger partial charge on any atom is 0.317 e. The van der Waals surface area contributed by atoms with Crippen molar-refractivity contribution in [2.75, 3.05) is 13.1 Å². The van der Waals surface area contributed by atoms with Crippen molar-refractivity contribution in [3.8, 4) is 0 Å². The molecule has 0 saturated carbocycles. The second kappa shape index (κ2) is 6.36. The fourth-order valence-corrected chi connectivity index (χ4v) is 2.30. The van der Waals surface area contributed by atoms with Crippen molar-refractivity contribution >= 4 is 12.0 Å². The summed E-state index contributed by atoms with van der Waals surface area (Å²) in [4.78, 5) is 24.4. The molecule has 1 aromatic carbocycles. The van der Waals surface area contributed by atoms with Crippen molar-refractivity contribution in [1.29, 1.82) is 0 Å². The smallest absolute Gasteiger partial charge is 0.317 e. The molecule has 0 aliphatic carbocycles. The highest BCUT2D eigenvalue weighted by Crippen LogP contribution is 2.16. The lowest BCUT2D eigenvalue weighted by Gasteiger charge is -2.30. The van der Waals surface area contributed by atoms with E-state index in [1.165, 1.54) is 17.0 Å². The lowest BCUT2D eigenvalue weighted by atomic mass is 9.99. The van der Waals surface area contributed by atoms with Gasteiger partial charge in [-0.3, -0.25) is 4.79 Å². The predicted molar refractivity (Wildman–Crippen MR) is 70.6 cm³/mol. The molecule has 1 aliphatic rings. The van der Waals surface area contributed by atoms with Crippen LogP contribution in [0.15, 0.2) is 24.3 Å². The summed E-state index contributed by atoms with van der Waals surface area (Å²) in [5.74, 6) is -1.71. The normalized spacial score (nSPS) is 18.6. The number of carbonyl (C=O) groups is 2. The van der Waals surface area contributed by atoms with Gasteiger partial charge in [-0.25, -0.2) is 9.18 Å². The number of urea groups is 1. The van der Waals surface area contributed by atoms with Gasteiger partial charge in [0, 0.05) is 19.6 Å². The lowest BCUT2D eigenvalue weighted by molar-refractivity contribution is -0.143. The quantitative estimate of drug-likeness (QED) is 0.887. The Balaban J connectivity index is 1.87. The van der Waals surface area contributed by atoms with E-state index in [0.717, 1.165) is 0 Å². The summed E-state index contributed by atoms with van der Waals surface area (Å²) >= 11 is 0. The van der Waals surface area contributed by atoms with Crippen LogP contribution in [-0.4, -0.2) is 35.1 Å². The van der Waals surface area contributed by atoms with Crippen LogP contribution < -0.4 is 5.32 Å². The zero-order valence-corrected chi connectivity index (χ0v) is 11.0. The molecule has 108 valence electrons. The maximum absolute atomic E-state index is 13.0. The summed E-state index contributed by atoms with van der Waals surface area (Å²) in [6.45, 7) is 1.01. The van der Waals surface area contributed by atoms with Gasteiger partial charge in [0.05, 0.1) is 5.92 Å². The van der Waals surface area contributed by atoms with Crippen LogP contribution in [0.25, 0.3) is 0 Å². The van der Waals surface area contributed by atoms with Crippen molar-refractivity contribution in [2.24, 2.45) is 5.92 Å². The highest BCUT2D eigenvalue weighted by atomic mass is 19.1. The number of amides is 2. The lowest BCUT2D eigenvalue weighted by Crippen LogP contribution is -2.46. The van der Waals surface area contributed by atoms with Crippen LogP contribution in [0.5, 0.6) is 0 Å². The molecule has 0 aromatic heterocycles. The fourth-order valence-electron chi connectivity index (χ4n) is 2.30. The zero-order valence-electron chi connectivity index (χ0n) is 11.0. The third kappa shape index (κ3) is 3.69.